The molecule has 76 valence electrons. The first-order valence-corrected chi connectivity index (χ1v) is 4.77. The molecule has 1 aliphatic carbocycles. The highest BCUT2D eigenvalue weighted by atomic mass is 19.1. The smallest absolute Gasteiger partial charge is 0.304 e. The number of carbonyl (C=O) groups is 1. The van der Waals surface area contributed by atoms with Crippen LogP contribution in [-0.4, -0.2) is 29.8 Å². The third-order valence-electron chi connectivity index (χ3n) is 2.43. The molecule has 0 atom stereocenters. The summed E-state index contributed by atoms with van der Waals surface area (Å²) in [4.78, 5) is 10.2. The van der Waals surface area contributed by atoms with Crippen LogP contribution in [0.2, 0.25) is 0 Å². The fourth-order valence-corrected chi connectivity index (χ4v) is 1.64. The van der Waals surface area contributed by atoms with E-state index in [2.05, 4.69) is 5.32 Å². The van der Waals surface area contributed by atoms with Crippen LogP contribution in [0.4, 0.5) is 4.39 Å². The molecule has 0 radical (unpaired) electrons. The van der Waals surface area contributed by atoms with Crippen LogP contribution in [0.15, 0.2) is 0 Å². The van der Waals surface area contributed by atoms with Crippen LogP contribution in [0.25, 0.3) is 0 Å². The zero-order chi connectivity index (χ0) is 9.68. The molecule has 0 aromatic rings. The van der Waals surface area contributed by atoms with E-state index in [9.17, 15) is 9.18 Å². The molecule has 0 unspecified atom stereocenters. The molecule has 0 aromatic heterocycles. The molecule has 1 saturated carbocycles. The van der Waals surface area contributed by atoms with Crippen molar-refractivity contribution >= 4 is 5.97 Å². The van der Waals surface area contributed by atoms with Crippen molar-refractivity contribution in [1.29, 1.82) is 0 Å². The minimum Gasteiger partial charge on any atom is -0.481 e. The molecule has 0 heterocycles. The van der Waals surface area contributed by atoms with Crippen molar-refractivity contribution < 1.29 is 14.3 Å². The van der Waals surface area contributed by atoms with E-state index in [-0.39, 0.29) is 6.42 Å². The zero-order valence-corrected chi connectivity index (χ0v) is 7.63. The van der Waals surface area contributed by atoms with Gasteiger partial charge < -0.3 is 10.4 Å². The second kappa shape index (κ2) is 5.17. The van der Waals surface area contributed by atoms with Crippen LogP contribution >= 0.6 is 0 Å². The van der Waals surface area contributed by atoms with Gasteiger partial charge in [0.15, 0.2) is 0 Å². The van der Waals surface area contributed by atoms with Crippen molar-refractivity contribution in [3.63, 3.8) is 0 Å². The minimum atomic E-state index is -0.785. The summed E-state index contributed by atoms with van der Waals surface area (Å²) in [5, 5.41) is 11.5. The lowest BCUT2D eigenvalue weighted by molar-refractivity contribution is -0.136. The molecule has 0 spiro atoms. The third-order valence-corrected chi connectivity index (χ3v) is 2.43. The van der Waals surface area contributed by atoms with Crippen LogP contribution in [0.5, 0.6) is 0 Å². The molecule has 0 aromatic carbocycles. The topological polar surface area (TPSA) is 49.3 Å². The van der Waals surface area contributed by atoms with Gasteiger partial charge in [0.05, 0.1) is 6.42 Å². The van der Waals surface area contributed by atoms with Crippen LogP contribution in [0.3, 0.4) is 0 Å². The molecule has 0 bridgehead atoms. The first-order chi connectivity index (χ1) is 6.18. The Kier molecular flexibility index (Phi) is 4.15. The lowest BCUT2D eigenvalue weighted by Gasteiger charge is -2.24. The Hall–Kier alpha value is -0.640. The summed E-state index contributed by atoms with van der Waals surface area (Å²) in [5.41, 5.74) is 0. The standard InChI is InChI=1S/C9H16FNO2/c10-7-1-3-8(4-2-7)11-6-5-9(12)13/h7-8,11H,1-6H2,(H,12,13). The SMILES string of the molecule is O=C(O)CCNC1CCC(F)CC1. The fourth-order valence-electron chi connectivity index (χ4n) is 1.64. The number of carboxylic acid groups (broad SMARTS) is 1. The first-order valence-electron chi connectivity index (χ1n) is 4.77. The van der Waals surface area contributed by atoms with Gasteiger partial charge in [-0.05, 0) is 25.7 Å². The zero-order valence-electron chi connectivity index (χ0n) is 7.63. The predicted molar refractivity (Wildman–Crippen MR) is 47.4 cm³/mol. The highest BCUT2D eigenvalue weighted by Gasteiger charge is 2.19. The average molecular weight is 189 g/mol. The molecule has 0 aliphatic heterocycles. The van der Waals surface area contributed by atoms with Crippen LogP contribution in [-0.2, 0) is 4.79 Å². The summed E-state index contributed by atoms with van der Waals surface area (Å²) in [6, 6.07) is 0.325. The van der Waals surface area contributed by atoms with E-state index < -0.39 is 12.1 Å². The summed E-state index contributed by atoms with van der Waals surface area (Å²) in [7, 11) is 0. The van der Waals surface area contributed by atoms with Crippen molar-refractivity contribution in [1.82, 2.24) is 5.32 Å². The molecule has 3 nitrogen and oxygen atoms in total. The van der Waals surface area contributed by atoms with Gasteiger partial charge in [-0.25, -0.2) is 4.39 Å². The van der Waals surface area contributed by atoms with Gasteiger partial charge in [0, 0.05) is 12.6 Å². The van der Waals surface area contributed by atoms with Gasteiger partial charge in [-0.15, -0.1) is 0 Å². The molecule has 0 amide bonds. The molecule has 1 rings (SSSR count). The molecule has 2 N–H and O–H groups in total. The van der Waals surface area contributed by atoms with Gasteiger partial charge in [0.1, 0.15) is 6.17 Å². The number of aliphatic carboxylic acids is 1. The summed E-state index contributed by atoms with van der Waals surface area (Å²) in [5.74, 6) is -0.785. The molecule has 1 fully saturated rings. The van der Waals surface area contributed by atoms with Gasteiger partial charge >= 0.3 is 5.97 Å². The number of alkyl halides is 1. The van der Waals surface area contributed by atoms with Crippen molar-refractivity contribution in [2.75, 3.05) is 6.54 Å². The van der Waals surface area contributed by atoms with E-state index in [1.54, 1.807) is 0 Å². The normalized spacial score (nSPS) is 28.7. The van der Waals surface area contributed by atoms with E-state index in [0.29, 0.717) is 25.4 Å². The van der Waals surface area contributed by atoms with E-state index >= 15 is 0 Å². The highest BCUT2D eigenvalue weighted by molar-refractivity contribution is 5.66. The van der Waals surface area contributed by atoms with Crippen molar-refractivity contribution in [2.24, 2.45) is 0 Å². The minimum absolute atomic E-state index is 0.148. The maximum Gasteiger partial charge on any atom is 0.304 e. The van der Waals surface area contributed by atoms with Crippen molar-refractivity contribution in [3.05, 3.63) is 0 Å². The van der Waals surface area contributed by atoms with Gasteiger partial charge in [-0.1, -0.05) is 0 Å². The maximum atomic E-state index is 12.7. The molecular weight excluding hydrogens is 173 g/mol. The van der Waals surface area contributed by atoms with Crippen molar-refractivity contribution in [3.8, 4) is 0 Å². The Morgan fingerprint density at radius 1 is 1.38 bits per heavy atom. The van der Waals surface area contributed by atoms with Gasteiger partial charge in [0.25, 0.3) is 0 Å². The number of carboxylic acids is 1. The average Bonchev–Trinajstić information content (AvgIpc) is 2.08. The number of nitrogens with one attached hydrogen (secondary N) is 1. The Balaban J connectivity index is 2.05. The quantitative estimate of drug-likeness (QED) is 0.701. The molecule has 1 aliphatic rings. The van der Waals surface area contributed by atoms with Crippen LogP contribution in [0, 0.1) is 0 Å². The Bertz CT molecular complexity index is 167. The predicted octanol–water partition coefficient (Wildman–Crippen LogP) is 1.33. The Morgan fingerprint density at radius 3 is 2.54 bits per heavy atom. The monoisotopic (exact) mass is 189 g/mol. The maximum absolute atomic E-state index is 12.7. The van der Waals surface area contributed by atoms with Gasteiger partial charge in [-0.2, -0.15) is 0 Å². The summed E-state index contributed by atoms with van der Waals surface area (Å²) < 4.78 is 12.7. The first kappa shape index (κ1) is 10.4. The fraction of sp³-hybridized carbons (Fsp3) is 0.889. The molecular formula is C9H16FNO2. The third kappa shape index (κ3) is 4.22. The summed E-state index contributed by atoms with van der Waals surface area (Å²) in [6.45, 7) is 0.497. The summed E-state index contributed by atoms with van der Waals surface area (Å²) in [6.07, 6.45) is 2.41. The number of halogens is 1. The van der Waals surface area contributed by atoms with E-state index in [1.165, 1.54) is 0 Å². The number of hydrogen-bond acceptors (Lipinski definition) is 2. The van der Waals surface area contributed by atoms with Crippen LogP contribution < -0.4 is 5.32 Å². The Morgan fingerprint density at radius 2 is 2.00 bits per heavy atom. The van der Waals surface area contributed by atoms with Gasteiger partial charge in [-0.3, -0.25) is 4.79 Å². The Labute approximate surface area is 77.3 Å². The van der Waals surface area contributed by atoms with E-state index in [0.717, 1.165) is 12.8 Å². The van der Waals surface area contributed by atoms with E-state index in [4.69, 9.17) is 5.11 Å². The van der Waals surface area contributed by atoms with Gasteiger partial charge in [0.2, 0.25) is 0 Å². The highest BCUT2D eigenvalue weighted by Crippen LogP contribution is 2.20. The second-order valence-corrected chi connectivity index (χ2v) is 3.55. The lowest BCUT2D eigenvalue weighted by Crippen LogP contribution is -2.34. The number of rotatable bonds is 4. The summed E-state index contributed by atoms with van der Waals surface area (Å²) >= 11 is 0. The van der Waals surface area contributed by atoms with Crippen molar-refractivity contribution in [2.45, 2.75) is 44.3 Å². The van der Waals surface area contributed by atoms with Crippen LogP contribution in [0.1, 0.15) is 32.1 Å². The second-order valence-electron chi connectivity index (χ2n) is 3.55. The molecule has 0 saturated heterocycles. The molecule has 4 heteroatoms. The van der Waals surface area contributed by atoms with E-state index in [1.807, 2.05) is 0 Å². The largest absolute Gasteiger partial charge is 0.481 e. The lowest BCUT2D eigenvalue weighted by atomic mass is 9.94. The number of hydrogen-bond donors (Lipinski definition) is 2. The molecule has 13 heavy (non-hydrogen) atoms.